The Morgan fingerprint density at radius 2 is 1.03 bits per heavy atom. The lowest BCUT2D eigenvalue weighted by molar-refractivity contribution is -0.303. The molecule has 8 atom stereocenters. The van der Waals surface area contributed by atoms with Crippen LogP contribution in [0.4, 0.5) is 0 Å². The fourth-order valence-corrected chi connectivity index (χ4v) is 8.00. The largest absolute Gasteiger partial charge is 0.394 e. The summed E-state index contributed by atoms with van der Waals surface area (Å²) in [6.07, 6.45) is 22.3. The molecule has 0 radical (unpaired) electrons. The number of nitrogens with one attached hydrogen (secondary N) is 2. The van der Waals surface area contributed by atoms with Gasteiger partial charge in [0.1, 0.15) is 36.3 Å². The van der Waals surface area contributed by atoms with Crippen molar-refractivity contribution in [2.75, 3.05) is 19.8 Å². The number of hydrogen-bond donors (Lipinski definition) is 8. The van der Waals surface area contributed by atoms with E-state index in [9.17, 15) is 45.0 Å². The summed E-state index contributed by atoms with van der Waals surface area (Å²) in [6.45, 7) is 3.93. The predicted octanol–water partition coefficient (Wildman–Crippen LogP) is 7.22. The van der Waals surface area contributed by atoms with E-state index in [-0.39, 0.29) is 24.8 Å². The van der Waals surface area contributed by atoms with E-state index in [1.807, 2.05) is 6.92 Å². The summed E-state index contributed by atoms with van der Waals surface area (Å²) in [5.41, 5.74) is 0. The Labute approximate surface area is 369 Å². The Kier molecular flexibility index (Phi) is 36.4. The zero-order valence-electron chi connectivity index (χ0n) is 38.6. The van der Waals surface area contributed by atoms with Gasteiger partial charge in [-0.15, -0.1) is 0 Å². The van der Waals surface area contributed by atoms with Gasteiger partial charge in [-0.3, -0.25) is 14.4 Å². The van der Waals surface area contributed by atoms with Gasteiger partial charge in [-0.2, -0.15) is 0 Å². The molecule has 0 aliphatic carbocycles. The minimum atomic E-state index is -1.62. The zero-order chi connectivity index (χ0) is 44.9. The van der Waals surface area contributed by atoms with Gasteiger partial charge >= 0.3 is 0 Å². The molecule has 8 N–H and O–H groups in total. The number of hydrogen-bond acceptors (Lipinski definition) is 11. The maximum Gasteiger partial charge on any atom is 0.220 e. The summed E-state index contributed by atoms with van der Waals surface area (Å²) >= 11 is 0. The average molecular weight is 873 g/mol. The molecule has 61 heavy (non-hydrogen) atoms. The van der Waals surface area contributed by atoms with Crippen LogP contribution in [-0.2, 0) is 23.9 Å². The van der Waals surface area contributed by atoms with Crippen LogP contribution in [0.25, 0.3) is 0 Å². The Balaban J connectivity index is 2.30. The van der Waals surface area contributed by atoms with E-state index in [1.165, 1.54) is 51.4 Å². The van der Waals surface area contributed by atoms with Crippen LogP contribution in [0.2, 0.25) is 0 Å². The molecule has 0 saturated carbocycles. The normalized spacial score (nSPS) is 20.6. The minimum absolute atomic E-state index is 0.137. The molecule has 1 rings (SSSR count). The molecule has 1 heterocycles. The van der Waals surface area contributed by atoms with E-state index in [0.29, 0.717) is 37.9 Å². The number of aliphatic hydroxyl groups is 6. The van der Waals surface area contributed by atoms with Crippen LogP contribution < -0.4 is 10.6 Å². The molecule has 0 spiro atoms. The third-order valence-corrected chi connectivity index (χ3v) is 12.2. The van der Waals surface area contributed by atoms with Gasteiger partial charge in [-0.1, -0.05) is 162 Å². The third-order valence-electron chi connectivity index (χ3n) is 12.2. The van der Waals surface area contributed by atoms with Crippen LogP contribution in [0.15, 0.2) is 0 Å². The number of Topliss-reactive ketones (excluding diaryl/α,β-unsaturated/α-hetero) is 1. The van der Waals surface area contributed by atoms with Gasteiger partial charge in [0.15, 0.2) is 6.29 Å². The van der Waals surface area contributed by atoms with E-state index >= 15 is 0 Å². The summed E-state index contributed by atoms with van der Waals surface area (Å²) in [4.78, 5) is 36.5. The predicted molar refractivity (Wildman–Crippen MR) is 241 cm³/mol. The molecule has 2 amide bonds. The monoisotopic (exact) mass is 873 g/mol. The summed E-state index contributed by atoms with van der Waals surface area (Å²) in [5.74, 6) is 0.189. The second kappa shape index (κ2) is 38.7. The first-order valence-electron chi connectivity index (χ1n) is 24.9. The quantitative estimate of drug-likeness (QED) is 0.0287. The van der Waals surface area contributed by atoms with Crippen molar-refractivity contribution in [3.8, 4) is 0 Å². The van der Waals surface area contributed by atoms with E-state index in [0.717, 1.165) is 122 Å². The summed E-state index contributed by atoms with van der Waals surface area (Å²) in [7, 11) is 0. The van der Waals surface area contributed by atoms with Crippen molar-refractivity contribution in [1.29, 1.82) is 0 Å². The molecule has 0 bridgehead atoms. The first-order valence-corrected chi connectivity index (χ1v) is 24.9. The molecule has 13 heteroatoms. The summed E-state index contributed by atoms with van der Waals surface area (Å²) < 4.78 is 11.1. The zero-order valence-corrected chi connectivity index (χ0v) is 38.6. The molecular formula is C48H92N2O11. The van der Waals surface area contributed by atoms with Gasteiger partial charge in [0.2, 0.25) is 11.8 Å². The van der Waals surface area contributed by atoms with Gasteiger partial charge in [-0.05, 0) is 32.1 Å². The van der Waals surface area contributed by atoms with Gasteiger partial charge < -0.3 is 50.7 Å². The highest BCUT2D eigenvalue weighted by Gasteiger charge is 2.44. The number of carbonyl (C=O) groups excluding carboxylic acids is 3. The Hall–Kier alpha value is -1.71. The van der Waals surface area contributed by atoms with Crippen molar-refractivity contribution in [3.63, 3.8) is 0 Å². The first-order chi connectivity index (χ1) is 29.5. The molecule has 0 aromatic carbocycles. The van der Waals surface area contributed by atoms with E-state index in [1.54, 1.807) is 0 Å². The van der Waals surface area contributed by atoms with Gasteiger partial charge in [0.05, 0.1) is 25.4 Å². The first kappa shape index (κ1) is 57.3. The van der Waals surface area contributed by atoms with E-state index in [4.69, 9.17) is 9.47 Å². The molecule has 13 nitrogen and oxygen atoms in total. The Bertz CT molecular complexity index is 1070. The van der Waals surface area contributed by atoms with Crippen molar-refractivity contribution < 1.29 is 54.5 Å². The SMILES string of the molecule is CCCCCCCCCCCCCC[C@@H](O)[C@@H](O)[C@H](CO[C@H]1OC(CO)[C@H](O)[C@H](O)C1O)NC(=O)CCCCCCCCCCCNC(=O)CCCCCCCCC(=O)CC. The second-order valence-electron chi connectivity index (χ2n) is 17.7. The average Bonchev–Trinajstić information content (AvgIpc) is 3.25. The summed E-state index contributed by atoms with van der Waals surface area (Å²) in [5, 5.41) is 68.2. The number of ketones is 1. The van der Waals surface area contributed by atoms with Crippen LogP contribution in [0.1, 0.15) is 219 Å². The topological polar surface area (TPSA) is 215 Å². The standard InChI is InChI=1S/C48H92N2O11/c1-3-5-6-7-8-9-10-11-13-16-22-27-32-40(53)44(56)39(37-60-48-47(59)46(58)45(57)41(36-51)61-48)50-43(55)34-29-24-17-14-12-15-20-25-30-35-49-42(54)33-28-23-19-18-21-26-31-38(52)4-2/h39-41,44-48,51,53,56-59H,3-37H2,1-2H3,(H,49,54)(H,50,55)/t39-,40+,41?,44-,45-,46-,47?,48-/m0/s1. The van der Waals surface area contributed by atoms with Crippen LogP contribution in [-0.4, -0.2) is 117 Å². The van der Waals surface area contributed by atoms with Crippen LogP contribution in [0.3, 0.4) is 0 Å². The van der Waals surface area contributed by atoms with Crippen molar-refractivity contribution in [2.45, 2.75) is 268 Å². The maximum atomic E-state index is 13.0. The lowest BCUT2D eigenvalue weighted by atomic mass is 9.98. The molecule has 0 aromatic heterocycles. The lowest BCUT2D eigenvalue weighted by Gasteiger charge is -2.40. The van der Waals surface area contributed by atoms with Gasteiger partial charge in [0, 0.05) is 32.2 Å². The Morgan fingerprint density at radius 1 is 0.574 bits per heavy atom. The van der Waals surface area contributed by atoms with Crippen LogP contribution in [0.5, 0.6) is 0 Å². The molecule has 1 fully saturated rings. The van der Waals surface area contributed by atoms with Gasteiger partial charge in [-0.25, -0.2) is 0 Å². The smallest absolute Gasteiger partial charge is 0.220 e. The molecular weight excluding hydrogens is 781 g/mol. The highest BCUT2D eigenvalue weighted by atomic mass is 16.7. The highest BCUT2D eigenvalue weighted by molar-refractivity contribution is 5.78. The fraction of sp³-hybridized carbons (Fsp3) is 0.938. The van der Waals surface area contributed by atoms with Gasteiger partial charge in [0.25, 0.3) is 0 Å². The number of amides is 2. The maximum absolute atomic E-state index is 13.0. The van der Waals surface area contributed by atoms with Crippen molar-refractivity contribution in [2.24, 2.45) is 0 Å². The highest BCUT2D eigenvalue weighted by Crippen LogP contribution is 2.23. The number of unbranched alkanes of at least 4 members (excludes halogenated alkanes) is 24. The number of rotatable bonds is 42. The molecule has 360 valence electrons. The number of carbonyl (C=O) groups is 3. The number of aliphatic hydroxyl groups excluding tert-OH is 6. The molecule has 1 aliphatic rings. The third kappa shape index (κ3) is 29.4. The van der Waals surface area contributed by atoms with Crippen molar-refractivity contribution >= 4 is 17.6 Å². The Morgan fingerprint density at radius 3 is 1.54 bits per heavy atom. The second-order valence-corrected chi connectivity index (χ2v) is 17.7. The summed E-state index contributed by atoms with van der Waals surface area (Å²) in [6, 6.07) is -1.02. The molecule has 0 aromatic rings. The van der Waals surface area contributed by atoms with Crippen LogP contribution in [0, 0.1) is 0 Å². The minimum Gasteiger partial charge on any atom is -0.394 e. The fourth-order valence-electron chi connectivity index (χ4n) is 8.00. The van der Waals surface area contributed by atoms with Crippen molar-refractivity contribution in [1.82, 2.24) is 10.6 Å². The molecule has 1 saturated heterocycles. The van der Waals surface area contributed by atoms with Crippen molar-refractivity contribution in [3.05, 3.63) is 0 Å². The van der Waals surface area contributed by atoms with E-state index < -0.39 is 55.6 Å². The van der Waals surface area contributed by atoms with Crippen LogP contribution >= 0.6 is 0 Å². The molecule has 2 unspecified atom stereocenters. The van der Waals surface area contributed by atoms with E-state index in [2.05, 4.69) is 17.6 Å². The lowest BCUT2D eigenvalue weighted by Crippen LogP contribution is -2.60. The number of ether oxygens (including phenoxy) is 2. The molecule has 1 aliphatic heterocycles.